The number of carbonyl (C=O) groups excluding carboxylic acids is 3. The molecule has 1 saturated heterocycles. The molecular weight excluding hydrogens is 640 g/mol. The molecule has 2 aromatic heterocycles. The van der Waals surface area contributed by atoms with Gasteiger partial charge in [-0.2, -0.15) is 0 Å². The number of hydrogen-bond acceptors (Lipinski definition) is 11. The van der Waals surface area contributed by atoms with Gasteiger partial charge in [0, 0.05) is 43.7 Å². The Balaban J connectivity index is 1.61. The second-order valence-electron chi connectivity index (χ2n) is 12.0. The van der Waals surface area contributed by atoms with E-state index in [2.05, 4.69) is 25.6 Å². The zero-order chi connectivity index (χ0) is 34.6. The fourth-order valence-corrected chi connectivity index (χ4v) is 6.36. The van der Waals surface area contributed by atoms with Crippen LogP contribution in [0, 0.1) is 11.8 Å². The Kier molecular flexibility index (Phi) is 13.6. The predicted octanol–water partition coefficient (Wildman–Crippen LogP) is 2.29. The number of ether oxygens (including phenoxy) is 4. The number of aliphatic hydroxyl groups excluding tert-OH is 1. The third-order valence-electron chi connectivity index (χ3n) is 8.10. The summed E-state index contributed by atoms with van der Waals surface area (Å²) >= 11 is 1.30. The van der Waals surface area contributed by atoms with Crippen LogP contribution in [0.15, 0.2) is 36.2 Å². The molecule has 3 heterocycles. The Morgan fingerprint density at radius 1 is 1.02 bits per heavy atom. The predicted molar refractivity (Wildman–Crippen MR) is 178 cm³/mol. The van der Waals surface area contributed by atoms with Crippen molar-refractivity contribution in [2.24, 2.45) is 11.8 Å². The van der Waals surface area contributed by atoms with Crippen LogP contribution < -0.4 is 24.8 Å². The minimum atomic E-state index is -1.06. The summed E-state index contributed by atoms with van der Waals surface area (Å²) in [5.41, 5.74) is 1.23. The van der Waals surface area contributed by atoms with Crippen LogP contribution in [0.3, 0.4) is 0 Å². The van der Waals surface area contributed by atoms with Gasteiger partial charge in [0.2, 0.25) is 23.5 Å². The minimum absolute atomic E-state index is 0.0805. The molecule has 0 saturated carbocycles. The summed E-state index contributed by atoms with van der Waals surface area (Å²) in [7, 11) is 4.51. The van der Waals surface area contributed by atoms with Crippen molar-refractivity contribution in [1.29, 1.82) is 0 Å². The number of nitrogens with one attached hydrogen (secondary N) is 3. The van der Waals surface area contributed by atoms with E-state index in [4.69, 9.17) is 18.9 Å². The smallest absolute Gasteiger partial charge is 0.243 e. The molecule has 3 aromatic rings. The van der Waals surface area contributed by atoms with Gasteiger partial charge in [-0.25, -0.2) is 9.97 Å². The molecule has 0 bridgehead atoms. The van der Waals surface area contributed by atoms with Crippen molar-refractivity contribution in [2.45, 2.75) is 57.7 Å². The van der Waals surface area contributed by atoms with Crippen LogP contribution >= 0.6 is 11.3 Å². The summed E-state index contributed by atoms with van der Waals surface area (Å²) in [6.45, 7) is 5.70. The second kappa shape index (κ2) is 17.8. The first kappa shape index (κ1) is 36.6. The number of imidazole rings is 1. The van der Waals surface area contributed by atoms with Crippen molar-refractivity contribution >= 4 is 29.1 Å². The first-order valence-corrected chi connectivity index (χ1v) is 16.8. The summed E-state index contributed by atoms with van der Waals surface area (Å²) in [5.74, 6) is -0.639. The molecule has 262 valence electrons. The summed E-state index contributed by atoms with van der Waals surface area (Å²) in [6, 6.07) is 1.77. The molecule has 1 fully saturated rings. The SMILES string of the molecule is COc1cc(C[C@H](CC(=O)N2CCOCC2)C(=O)N[C@@H](Cc2c[nH]cn2)C(=O)N[C@H](CC(C)C)[C@H](O)c2nccs2)cc(OC)c1OC. The number of amides is 3. The average Bonchev–Trinajstić information content (AvgIpc) is 3.82. The molecular formula is C33H46N6O8S. The van der Waals surface area contributed by atoms with E-state index in [1.807, 2.05) is 13.8 Å². The van der Waals surface area contributed by atoms with Crippen LogP contribution in [0.5, 0.6) is 17.2 Å². The van der Waals surface area contributed by atoms with Crippen molar-refractivity contribution < 1.29 is 38.4 Å². The molecule has 4 rings (SSSR count). The molecule has 1 aromatic carbocycles. The van der Waals surface area contributed by atoms with Gasteiger partial charge in [-0.05, 0) is 36.5 Å². The highest BCUT2D eigenvalue weighted by atomic mass is 32.1. The highest BCUT2D eigenvalue weighted by molar-refractivity contribution is 7.09. The Labute approximate surface area is 284 Å². The van der Waals surface area contributed by atoms with Crippen molar-refractivity contribution in [3.8, 4) is 17.2 Å². The first-order chi connectivity index (χ1) is 23.1. The summed E-state index contributed by atoms with van der Waals surface area (Å²) in [5, 5.41) is 19.3. The van der Waals surface area contributed by atoms with E-state index < -0.39 is 35.9 Å². The van der Waals surface area contributed by atoms with Crippen LogP contribution in [-0.4, -0.2) is 102 Å². The molecule has 14 nitrogen and oxygen atoms in total. The average molecular weight is 687 g/mol. The number of methoxy groups -OCH3 is 3. The normalized spacial score (nSPS) is 15.7. The molecule has 0 aliphatic carbocycles. The van der Waals surface area contributed by atoms with Gasteiger partial charge in [-0.1, -0.05) is 13.8 Å². The third-order valence-corrected chi connectivity index (χ3v) is 8.95. The standard InChI is InChI=1S/C33H46N6O8S/c1-20(2)12-24(29(41)33-35-6-11-48-33)37-32(43)25(17-23-18-34-19-36-23)38-31(42)22(16-28(40)39-7-9-47-10-8-39)13-21-14-26(44-3)30(46-5)27(15-21)45-4/h6,11,14-15,18-20,22,24-25,29,41H,7-10,12-13,16-17H2,1-5H3,(H,34,36)(H,37,43)(H,38,42)/t22-,24-,25+,29+/m1/s1. The van der Waals surface area contributed by atoms with E-state index in [0.29, 0.717) is 66.2 Å². The van der Waals surface area contributed by atoms with Gasteiger partial charge in [0.15, 0.2) is 11.5 Å². The Morgan fingerprint density at radius 3 is 2.29 bits per heavy atom. The van der Waals surface area contributed by atoms with Crippen LogP contribution in [0.1, 0.15) is 49.1 Å². The van der Waals surface area contributed by atoms with Gasteiger partial charge >= 0.3 is 0 Å². The summed E-state index contributed by atoms with van der Waals surface area (Å²) < 4.78 is 21.9. The van der Waals surface area contributed by atoms with Crippen LogP contribution in [0.2, 0.25) is 0 Å². The number of morpholine rings is 1. The monoisotopic (exact) mass is 686 g/mol. The van der Waals surface area contributed by atoms with Crippen molar-refractivity contribution in [3.05, 3.63) is 52.5 Å². The number of nitrogens with zero attached hydrogens (tertiary/aromatic N) is 3. The number of carbonyl (C=O) groups is 3. The number of aromatic amines is 1. The maximum absolute atomic E-state index is 14.2. The zero-order valence-electron chi connectivity index (χ0n) is 28.1. The molecule has 48 heavy (non-hydrogen) atoms. The van der Waals surface area contributed by atoms with Crippen molar-refractivity contribution in [3.63, 3.8) is 0 Å². The lowest BCUT2D eigenvalue weighted by Gasteiger charge is -2.30. The third kappa shape index (κ3) is 9.90. The number of aliphatic hydroxyl groups is 1. The molecule has 4 atom stereocenters. The molecule has 0 spiro atoms. The Morgan fingerprint density at radius 2 is 1.73 bits per heavy atom. The van der Waals surface area contributed by atoms with Crippen molar-refractivity contribution in [1.82, 2.24) is 30.5 Å². The first-order valence-electron chi connectivity index (χ1n) is 15.9. The molecule has 0 radical (unpaired) electrons. The molecule has 3 amide bonds. The van der Waals surface area contributed by atoms with Crippen LogP contribution in [0.4, 0.5) is 0 Å². The number of rotatable bonds is 17. The van der Waals surface area contributed by atoms with E-state index in [9.17, 15) is 19.5 Å². The lowest BCUT2D eigenvalue weighted by molar-refractivity contribution is -0.140. The maximum Gasteiger partial charge on any atom is 0.243 e. The van der Waals surface area contributed by atoms with E-state index in [0.717, 1.165) is 0 Å². The molecule has 0 unspecified atom stereocenters. The van der Waals surface area contributed by atoms with Gasteiger partial charge in [-0.3, -0.25) is 14.4 Å². The number of H-pyrrole nitrogens is 1. The Bertz CT molecular complexity index is 1440. The quantitative estimate of drug-likeness (QED) is 0.165. The fourth-order valence-electron chi connectivity index (χ4n) is 5.67. The maximum atomic E-state index is 14.2. The van der Waals surface area contributed by atoms with Crippen LogP contribution in [-0.2, 0) is 32.0 Å². The van der Waals surface area contributed by atoms with E-state index >= 15 is 0 Å². The minimum Gasteiger partial charge on any atom is -0.493 e. The lowest BCUT2D eigenvalue weighted by atomic mass is 9.93. The van der Waals surface area contributed by atoms with E-state index in [1.54, 1.807) is 34.8 Å². The highest BCUT2D eigenvalue weighted by Gasteiger charge is 2.33. The largest absolute Gasteiger partial charge is 0.493 e. The molecule has 1 aliphatic rings. The second-order valence-corrected chi connectivity index (χ2v) is 12.9. The molecule has 1 aliphatic heterocycles. The number of benzene rings is 1. The lowest BCUT2D eigenvalue weighted by Crippen LogP contribution is -2.53. The molecule has 15 heteroatoms. The fraction of sp³-hybridized carbons (Fsp3) is 0.545. The van der Waals surface area contributed by atoms with Crippen molar-refractivity contribution in [2.75, 3.05) is 47.6 Å². The van der Waals surface area contributed by atoms with Gasteiger partial charge in [0.1, 0.15) is 17.2 Å². The number of hydrogen-bond donors (Lipinski definition) is 4. The van der Waals surface area contributed by atoms with Gasteiger partial charge in [0.25, 0.3) is 0 Å². The summed E-state index contributed by atoms with van der Waals surface area (Å²) in [4.78, 5) is 54.6. The van der Waals surface area contributed by atoms with E-state index in [1.165, 1.54) is 39.0 Å². The topological polar surface area (TPSA) is 177 Å². The zero-order valence-corrected chi connectivity index (χ0v) is 28.9. The Hall–Kier alpha value is -4.21. The van der Waals surface area contributed by atoms with E-state index in [-0.39, 0.29) is 31.1 Å². The van der Waals surface area contributed by atoms with Gasteiger partial charge < -0.3 is 44.6 Å². The van der Waals surface area contributed by atoms with Crippen LogP contribution in [0.25, 0.3) is 0 Å². The number of thiazole rings is 1. The van der Waals surface area contributed by atoms with Gasteiger partial charge in [-0.15, -0.1) is 11.3 Å². The summed E-state index contributed by atoms with van der Waals surface area (Å²) in [6.07, 6.45) is 4.32. The highest BCUT2D eigenvalue weighted by Crippen LogP contribution is 2.39. The van der Waals surface area contributed by atoms with Gasteiger partial charge in [0.05, 0.1) is 58.5 Å². The number of aromatic nitrogens is 3. The molecule has 4 N–H and O–H groups in total.